The molecule has 0 unspecified atom stereocenters. The summed E-state index contributed by atoms with van der Waals surface area (Å²) in [6.07, 6.45) is 2.52. The number of carbonyl (C=O) groups excluding carboxylic acids is 2. The number of ether oxygens (including phenoxy) is 1. The Morgan fingerprint density at radius 2 is 1.73 bits per heavy atom. The lowest BCUT2D eigenvalue weighted by molar-refractivity contribution is -0.129. The Bertz CT molecular complexity index is 473. The number of benzene rings is 1. The number of hydrogen-bond donors (Lipinski definition) is 2. The fourth-order valence-corrected chi connectivity index (χ4v) is 2.32. The lowest BCUT2D eigenvalue weighted by Crippen LogP contribution is -2.39. The van der Waals surface area contributed by atoms with E-state index >= 15 is 0 Å². The zero-order chi connectivity index (χ0) is 15.6. The molecule has 0 aromatic heterocycles. The molecular formula is C16H23N3O3. The van der Waals surface area contributed by atoms with E-state index in [2.05, 4.69) is 10.6 Å². The van der Waals surface area contributed by atoms with Gasteiger partial charge in [0.2, 0.25) is 5.91 Å². The molecule has 0 radical (unpaired) electrons. The van der Waals surface area contributed by atoms with Crippen molar-refractivity contribution in [3.8, 4) is 5.75 Å². The minimum absolute atomic E-state index is 0.116. The molecule has 0 aliphatic carbocycles. The summed E-state index contributed by atoms with van der Waals surface area (Å²) < 4.78 is 5.46. The molecule has 2 rings (SSSR count). The van der Waals surface area contributed by atoms with Gasteiger partial charge in [-0.15, -0.1) is 0 Å². The van der Waals surface area contributed by atoms with Crippen molar-refractivity contribution in [2.75, 3.05) is 32.8 Å². The Morgan fingerprint density at radius 3 is 2.45 bits per heavy atom. The van der Waals surface area contributed by atoms with Crippen molar-refractivity contribution >= 4 is 11.9 Å². The summed E-state index contributed by atoms with van der Waals surface area (Å²) >= 11 is 0. The number of likely N-dealkylation sites (tertiary alicyclic amines) is 1. The Labute approximate surface area is 130 Å². The second-order valence-electron chi connectivity index (χ2n) is 5.18. The van der Waals surface area contributed by atoms with Crippen molar-refractivity contribution in [1.29, 1.82) is 0 Å². The molecule has 22 heavy (non-hydrogen) atoms. The van der Waals surface area contributed by atoms with E-state index in [0.29, 0.717) is 26.1 Å². The molecule has 0 atom stereocenters. The minimum Gasteiger partial charge on any atom is -0.492 e. The first-order valence-electron chi connectivity index (χ1n) is 7.73. The van der Waals surface area contributed by atoms with Crippen LogP contribution in [0.2, 0.25) is 0 Å². The van der Waals surface area contributed by atoms with Crippen LogP contribution < -0.4 is 15.4 Å². The van der Waals surface area contributed by atoms with Crippen LogP contribution in [0.1, 0.15) is 19.3 Å². The fraction of sp³-hybridized carbons (Fsp3) is 0.500. The van der Waals surface area contributed by atoms with Gasteiger partial charge in [-0.05, 0) is 25.0 Å². The molecule has 1 fully saturated rings. The maximum atomic E-state index is 11.8. The van der Waals surface area contributed by atoms with Crippen molar-refractivity contribution < 1.29 is 14.3 Å². The van der Waals surface area contributed by atoms with Crippen LogP contribution in [0.5, 0.6) is 5.75 Å². The van der Waals surface area contributed by atoms with E-state index in [4.69, 9.17) is 4.74 Å². The number of para-hydroxylation sites is 1. The first kappa shape index (κ1) is 16.1. The van der Waals surface area contributed by atoms with Gasteiger partial charge in [0.15, 0.2) is 0 Å². The van der Waals surface area contributed by atoms with E-state index in [1.807, 2.05) is 35.2 Å². The maximum absolute atomic E-state index is 11.8. The predicted molar refractivity (Wildman–Crippen MR) is 83.8 cm³/mol. The fourth-order valence-electron chi connectivity index (χ4n) is 2.32. The van der Waals surface area contributed by atoms with Gasteiger partial charge in [-0.1, -0.05) is 18.2 Å². The van der Waals surface area contributed by atoms with Crippen LogP contribution >= 0.6 is 0 Å². The van der Waals surface area contributed by atoms with Crippen LogP contribution in [-0.4, -0.2) is 49.6 Å². The highest BCUT2D eigenvalue weighted by Crippen LogP contribution is 2.08. The Hall–Kier alpha value is -2.24. The summed E-state index contributed by atoms with van der Waals surface area (Å²) in [6.45, 7) is 2.88. The molecule has 6 nitrogen and oxygen atoms in total. The third-order valence-electron chi connectivity index (χ3n) is 3.48. The molecule has 1 aliphatic rings. The van der Waals surface area contributed by atoms with Crippen LogP contribution in [0, 0.1) is 0 Å². The van der Waals surface area contributed by atoms with Gasteiger partial charge in [0.25, 0.3) is 0 Å². The highest BCUT2D eigenvalue weighted by atomic mass is 16.5. The lowest BCUT2D eigenvalue weighted by atomic mass is 10.3. The molecule has 1 aromatic carbocycles. The molecule has 1 aliphatic heterocycles. The van der Waals surface area contributed by atoms with Crippen molar-refractivity contribution in [1.82, 2.24) is 15.5 Å². The summed E-state index contributed by atoms with van der Waals surface area (Å²) in [4.78, 5) is 25.2. The summed E-state index contributed by atoms with van der Waals surface area (Å²) in [5, 5.41) is 5.38. The molecule has 3 amide bonds. The number of hydrogen-bond acceptors (Lipinski definition) is 3. The molecule has 2 N–H and O–H groups in total. The molecule has 6 heteroatoms. The number of urea groups is 1. The van der Waals surface area contributed by atoms with E-state index in [0.717, 1.165) is 31.7 Å². The van der Waals surface area contributed by atoms with Gasteiger partial charge >= 0.3 is 6.03 Å². The number of rotatable bonds is 7. The molecular weight excluding hydrogens is 282 g/mol. The number of nitrogens with one attached hydrogen (secondary N) is 2. The molecule has 0 saturated carbocycles. The zero-order valence-electron chi connectivity index (χ0n) is 12.7. The van der Waals surface area contributed by atoms with Crippen molar-refractivity contribution in [3.05, 3.63) is 30.3 Å². The first-order valence-corrected chi connectivity index (χ1v) is 7.73. The second kappa shape index (κ2) is 8.92. The molecule has 0 bridgehead atoms. The maximum Gasteiger partial charge on any atom is 0.314 e. The smallest absolute Gasteiger partial charge is 0.314 e. The number of carbonyl (C=O) groups is 2. The Balaban J connectivity index is 1.50. The van der Waals surface area contributed by atoms with Crippen molar-refractivity contribution in [3.63, 3.8) is 0 Å². The second-order valence-corrected chi connectivity index (χ2v) is 5.18. The Kier molecular flexibility index (Phi) is 6.54. The zero-order valence-corrected chi connectivity index (χ0v) is 12.7. The highest BCUT2D eigenvalue weighted by Gasteiger charge is 2.17. The molecule has 1 heterocycles. The van der Waals surface area contributed by atoms with E-state index in [1.54, 1.807) is 0 Å². The largest absolute Gasteiger partial charge is 0.492 e. The van der Waals surface area contributed by atoms with E-state index in [-0.39, 0.29) is 11.9 Å². The van der Waals surface area contributed by atoms with Gasteiger partial charge in [0.1, 0.15) is 12.4 Å². The number of amides is 3. The normalized spacial score (nSPS) is 13.7. The standard InChI is InChI=1S/C16H23N3O3/c20-15(19-11-4-5-12-19)8-9-17-16(21)18-10-13-22-14-6-2-1-3-7-14/h1-3,6-7H,4-5,8-13H2,(H2,17,18,21). The van der Waals surface area contributed by atoms with Gasteiger partial charge in [0.05, 0.1) is 6.54 Å². The van der Waals surface area contributed by atoms with Gasteiger partial charge in [-0.2, -0.15) is 0 Å². The molecule has 1 aromatic rings. The average Bonchev–Trinajstić information content (AvgIpc) is 3.07. The predicted octanol–water partition coefficient (Wildman–Crippen LogP) is 1.38. The van der Waals surface area contributed by atoms with E-state index < -0.39 is 0 Å². The third-order valence-corrected chi connectivity index (χ3v) is 3.48. The summed E-state index contributed by atoms with van der Waals surface area (Å²) in [7, 11) is 0. The van der Waals surface area contributed by atoms with Gasteiger partial charge in [0, 0.05) is 26.1 Å². The van der Waals surface area contributed by atoms with Crippen molar-refractivity contribution in [2.24, 2.45) is 0 Å². The molecule has 0 spiro atoms. The van der Waals surface area contributed by atoms with Gasteiger partial charge in [-0.3, -0.25) is 4.79 Å². The summed E-state index contributed by atoms with van der Waals surface area (Å²) in [6, 6.07) is 9.17. The number of nitrogens with zero attached hydrogens (tertiary/aromatic N) is 1. The Morgan fingerprint density at radius 1 is 1.05 bits per heavy atom. The quantitative estimate of drug-likeness (QED) is 0.748. The van der Waals surface area contributed by atoms with E-state index in [1.165, 1.54) is 0 Å². The average molecular weight is 305 g/mol. The first-order chi connectivity index (χ1) is 10.8. The topological polar surface area (TPSA) is 70.7 Å². The minimum atomic E-state index is -0.272. The summed E-state index contributed by atoms with van der Waals surface area (Å²) in [5.41, 5.74) is 0. The van der Waals surface area contributed by atoms with Gasteiger partial charge < -0.3 is 20.3 Å². The highest BCUT2D eigenvalue weighted by molar-refractivity contribution is 5.78. The third kappa shape index (κ3) is 5.63. The van der Waals surface area contributed by atoms with E-state index in [9.17, 15) is 9.59 Å². The monoisotopic (exact) mass is 305 g/mol. The lowest BCUT2D eigenvalue weighted by Gasteiger charge is -2.15. The van der Waals surface area contributed by atoms with Crippen LogP contribution in [0.15, 0.2) is 30.3 Å². The van der Waals surface area contributed by atoms with Crippen LogP contribution in [0.3, 0.4) is 0 Å². The van der Waals surface area contributed by atoms with Crippen LogP contribution in [-0.2, 0) is 4.79 Å². The summed E-state index contributed by atoms with van der Waals surface area (Å²) in [5.74, 6) is 0.895. The van der Waals surface area contributed by atoms with Gasteiger partial charge in [-0.25, -0.2) is 4.79 Å². The van der Waals surface area contributed by atoms with Crippen molar-refractivity contribution in [2.45, 2.75) is 19.3 Å². The molecule has 1 saturated heterocycles. The van der Waals surface area contributed by atoms with Crippen LogP contribution in [0.4, 0.5) is 4.79 Å². The molecule has 120 valence electrons. The SMILES string of the molecule is O=C(NCCOc1ccccc1)NCCC(=O)N1CCCC1. The van der Waals surface area contributed by atoms with Crippen LogP contribution in [0.25, 0.3) is 0 Å².